The minimum atomic E-state index is -0.305. The van der Waals surface area contributed by atoms with E-state index in [1.165, 1.54) is 67.6 Å². The maximum absolute atomic E-state index is 12.9. The zero-order valence-corrected chi connectivity index (χ0v) is 87.9. The van der Waals surface area contributed by atoms with Gasteiger partial charge in [-0.1, -0.05) is 101 Å². The van der Waals surface area contributed by atoms with Gasteiger partial charge in [0, 0.05) is 166 Å². The van der Waals surface area contributed by atoms with Gasteiger partial charge in [0.15, 0.2) is 0 Å². The number of likely N-dealkylation sites (N-methyl/N-ethyl adjacent to an activating group) is 1. The number of methoxy groups -OCH3 is 1. The summed E-state index contributed by atoms with van der Waals surface area (Å²) in [5, 5.41) is 10.7. The van der Waals surface area contributed by atoms with Crippen LogP contribution in [-0.2, 0) is 54.1 Å². The maximum Gasteiger partial charge on any atom is 0.410 e. The molecule has 3 saturated heterocycles. The number of morpholine rings is 1. The lowest BCUT2D eigenvalue weighted by Gasteiger charge is -2.35. The van der Waals surface area contributed by atoms with Gasteiger partial charge in [0.2, 0.25) is 0 Å². The lowest BCUT2D eigenvalue weighted by molar-refractivity contribution is 0.0368. The number of nitrogens with zero attached hydrogens (tertiary/aromatic N) is 8. The van der Waals surface area contributed by atoms with E-state index < -0.39 is 0 Å². The number of ether oxygens (including phenoxy) is 10. The summed E-state index contributed by atoms with van der Waals surface area (Å²) in [5.41, 5.74) is 17.1. The molecule has 0 radical (unpaired) electrons. The van der Waals surface area contributed by atoms with E-state index in [-0.39, 0.29) is 48.5 Å². The molecule has 12 aromatic rings. The number of likely N-dealkylation sites (tertiary alicyclic amines) is 1. The molecule has 0 aliphatic carbocycles. The van der Waals surface area contributed by atoms with E-state index in [4.69, 9.17) is 93.8 Å². The average molecular weight is 2060 g/mol. The normalized spacial score (nSPS) is 17.6. The zero-order valence-electron chi connectivity index (χ0n) is 84.9. The molecular weight excluding hydrogens is 1920 g/mol. The Bertz CT molecular complexity index is 5970. The first-order valence-corrected chi connectivity index (χ1v) is 53.9. The Kier molecular flexibility index (Phi) is 39.5. The standard InChI is InChI=1S/C29H37ClN4O3.C29H36ClN3O3.C28H34ClN3O4.C28H36ClN3O4/c1-3-36-29(35)34-14-12-24-25-20-22(30)8-11-26(25)31-27(24)28(34)21-6-9-23(10-7-21)37-19-5-4-13-33-17-15-32(2)16-18-33;1-2-35-29(34)33-18-14-24-25-20-22(30)10-13-26(25)31-27(24)28(33)21-8-11-23(12-9-21)36-19-7-6-17-32-15-4-3-5-16-32;1-2-35-28(33)32-13-11-23-24-19-21(29)7-10-25(24)30-26(23)27(32)20-5-8-22(9-6-20)36-16-4-3-12-31-14-17-34-18-15-31;1-3-35-28(33)32-16-13-23-24-19-21(29)9-12-25(24)31-26(23)27(32)20-7-10-22(11-8-20)36-18-5-4-14-30-15-6-17-34-2/h6-11,20,28,31H,3-5,12-19H2,1-2H3;8-13,20,28,31H,2-7,14-19H2,1H3;5-10,19,27,30H,2-4,11-18H2,1H3;7-12,19,27,30-31H,3-6,13-18H2,1-2H3. The highest BCUT2D eigenvalue weighted by molar-refractivity contribution is 6.32. The SMILES string of the molecule is CCOC(=O)N1CCc2c([nH]c3ccc(Cl)cc23)C1c1ccc(OCCCCN2CCCCC2)cc1.CCOC(=O)N1CCc2c([nH]c3ccc(Cl)cc23)C1c1ccc(OCCCCN2CCN(C)CC2)cc1.CCOC(=O)N1CCc2c([nH]c3ccc(Cl)cc23)C1c1ccc(OCCCCN2CCOCC2)cc1.CCOC(=O)N1CCc2c([nH]c3ccc(Cl)cc23)C1c1ccc(OCCCCNCCCOC)cc1. The zero-order chi connectivity index (χ0) is 101. The van der Waals surface area contributed by atoms with E-state index in [9.17, 15) is 19.2 Å². The third kappa shape index (κ3) is 27.9. The van der Waals surface area contributed by atoms with E-state index in [1.54, 1.807) is 12.0 Å². The van der Waals surface area contributed by atoms with Crippen LogP contribution in [0.3, 0.4) is 0 Å². The summed E-state index contributed by atoms with van der Waals surface area (Å²) in [6, 6.07) is 54.9. The Labute approximate surface area is 872 Å². The molecule has 7 aliphatic rings. The van der Waals surface area contributed by atoms with Crippen LogP contribution in [-0.4, -0.2) is 282 Å². The lowest BCUT2D eigenvalue weighted by atomic mass is 9.92. The predicted octanol–water partition coefficient (Wildman–Crippen LogP) is 23.0. The van der Waals surface area contributed by atoms with Crippen LogP contribution in [0.2, 0.25) is 20.1 Å². The number of piperidine rings is 1. The van der Waals surface area contributed by atoms with E-state index >= 15 is 0 Å². The summed E-state index contributed by atoms with van der Waals surface area (Å²) < 4.78 is 56.1. The summed E-state index contributed by atoms with van der Waals surface area (Å²) in [7, 11) is 3.92. The number of hydrogen-bond acceptors (Lipinski definition) is 19. The molecule has 19 rings (SSSR count). The summed E-state index contributed by atoms with van der Waals surface area (Å²) in [6.07, 6.45) is 15.5. The van der Waals surface area contributed by atoms with Gasteiger partial charge in [-0.15, -0.1) is 0 Å². The number of aromatic amines is 4. The molecule has 0 saturated carbocycles. The molecular formula is C114H143Cl4N13O14. The summed E-state index contributed by atoms with van der Waals surface area (Å²) in [4.78, 5) is 83.0. The third-order valence-electron chi connectivity index (χ3n) is 28.4. The van der Waals surface area contributed by atoms with Gasteiger partial charge >= 0.3 is 24.4 Å². The van der Waals surface area contributed by atoms with Crippen LogP contribution in [0.25, 0.3) is 43.6 Å². The molecule has 4 aromatic heterocycles. The van der Waals surface area contributed by atoms with Crippen molar-refractivity contribution >= 4 is 114 Å². The molecule has 3 fully saturated rings. The van der Waals surface area contributed by atoms with Crippen molar-refractivity contribution in [3.05, 3.63) is 257 Å². The number of nitrogens with one attached hydrogen (secondary N) is 5. The number of piperazine rings is 1. The summed E-state index contributed by atoms with van der Waals surface area (Å²) >= 11 is 25.2. The molecule has 4 unspecified atom stereocenters. The molecule has 31 heteroatoms. The lowest BCUT2D eigenvalue weighted by Crippen LogP contribution is -2.44. The first-order valence-electron chi connectivity index (χ1n) is 52.4. The van der Waals surface area contributed by atoms with Crippen LogP contribution in [0.4, 0.5) is 19.2 Å². The number of carbonyl (C=O) groups excluding carboxylic acids is 4. The van der Waals surface area contributed by atoms with Crippen molar-refractivity contribution in [2.45, 2.75) is 155 Å². The smallest absolute Gasteiger partial charge is 0.410 e. The van der Waals surface area contributed by atoms with Gasteiger partial charge in [-0.2, -0.15) is 0 Å². The van der Waals surface area contributed by atoms with E-state index in [2.05, 4.69) is 76.2 Å². The van der Waals surface area contributed by atoms with Crippen LogP contribution in [0, 0.1) is 0 Å². The number of H-pyrrole nitrogens is 4. The number of aromatic nitrogens is 4. The van der Waals surface area contributed by atoms with Crippen molar-refractivity contribution in [2.75, 3.05) is 198 Å². The highest BCUT2D eigenvalue weighted by Crippen LogP contribution is 2.46. The van der Waals surface area contributed by atoms with Crippen LogP contribution < -0.4 is 24.3 Å². The number of rotatable bonds is 36. The number of halogens is 4. The Balaban J connectivity index is 0.000000138. The molecule has 145 heavy (non-hydrogen) atoms. The van der Waals surface area contributed by atoms with Gasteiger partial charge in [0.25, 0.3) is 0 Å². The number of carbonyl (C=O) groups is 4. The Hall–Kier alpha value is -10.9. The fourth-order valence-electron chi connectivity index (χ4n) is 21.0. The van der Waals surface area contributed by atoms with E-state index in [0.29, 0.717) is 92.5 Å². The second-order valence-corrected chi connectivity index (χ2v) is 39.8. The molecule has 0 spiro atoms. The number of hydrogen-bond donors (Lipinski definition) is 5. The second-order valence-electron chi connectivity index (χ2n) is 38.1. The van der Waals surface area contributed by atoms with Gasteiger partial charge in [0.1, 0.15) is 47.2 Å². The molecule has 7 aliphatic heterocycles. The minimum Gasteiger partial charge on any atom is -0.494 e. The largest absolute Gasteiger partial charge is 0.494 e. The van der Waals surface area contributed by atoms with Crippen LogP contribution in [0.15, 0.2) is 170 Å². The molecule has 11 heterocycles. The summed E-state index contributed by atoms with van der Waals surface area (Å²) in [5.74, 6) is 3.38. The van der Waals surface area contributed by atoms with Crippen LogP contribution in [0.5, 0.6) is 23.0 Å². The molecule has 8 aromatic carbocycles. The molecule has 0 bridgehead atoms. The topological polar surface area (TPSA) is 262 Å². The minimum absolute atomic E-state index is 0.252. The highest BCUT2D eigenvalue weighted by Gasteiger charge is 2.41. The quantitative estimate of drug-likeness (QED) is 0.0180. The maximum atomic E-state index is 12.9. The van der Waals surface area contributed by atoms with Gasteiger partial charge in [-0.05, 0) is 343 Å². The van der Waals surface area contributed by atoms with Gasteiger partial charge in [0.05, 0.1) is 66.1 Å². The van der Waals surface area contributed by atoms with Crippen molar-refractivity contribution in [1.29, 1.82) is 0 Å². The van der Waals surface area contributed by atoms with Crippen LogP contribution in [0.1, 0.15) is 196 Å². The predicted molar refractivity (Wildman–Crippen MR) is 576 cm³/mol. The number of amides is 4. The summed E-state index contributed by atoms with van der Waals surface area (Å²) in [6.45, 7) is 30.9. The number of unbranched alkanes of at least 4 members (excludes halogenated alkanes) is 4. The van der Waals surface area contributed by atoms with Gasteiger partial charge in [-0.3, -0.25) is 24.5 Å². The van der Waals surface area contributed by atoms with Crippen molar-refractivity contribution in [3.8, 4) is 23.0 Å². The van der Waals surface area contributed by atoms with Crippen molar-refractivity contribution in [1.82, 2.24) is 64.5 Å². The Morgan fingerprint density at radius 3 is 0.910 bits per heavy atom. The third-order valence-corrected chi connectivity index (χ3v) is 29.4. The van der Waals surface area contributed by atoms with Crippen molar-refractivity contribution < 1.29 is 66.5 Å². The van der Waals surface area contributed by atoms with E-state index in [1.807, 2.05) is 188 Å². The van der Waals surface area contributed by atoms with Crippen molar-refractivity contribution in [2.24, 2.45) is 0 Å². The second kappa shape index (κ2) is 53.6. The molecule has 27 nitrogen and oxygen atoms in total. The molecule has 5 N–H and O–H groups in total. The fraction of sp³-hybridized carbons (Fsp3) is 0.474. The molecule has 4 atom stereocenters. The van der Waals surface area contributed by atoms with Crippen LogP contribution >= 0.6 is 46.4 Å². The van der Waals surface area contributed by atoms with E-state index in [0.717, 1.165) is 281 Å². The highest BCUT2D eigenvalue weighted by atomic mass is 35.5. The molecule has 776 valence electrons. The van der Waals surface area contributed by atoms with Gasteiger partial charge < -0.3 is 87.3 Å². The first kappa shape index (κ1) is 107. The Morgan fingerprint density at radius 2 is 0.614 bits per heavy atom. The molecule has 4 amide bonds. The Morgan fingerprint density at radius 1 is 0.331 bits per heavy atom. The average Bonchev–Trinajstić information content (AvgIpc) is 1.62. The fourth-order valence-corrected chi connectivity index (χ4v) is 21.7. The monoisotopic (exact) mass is 2060 g/mol. The number of fused-ring (bicyclic) bond motifs is 12. The van der Waals surface area contributed by atoms with Gasteiger partial charge in [-0.25, -0.2) is 19.2 Å². The number of benzene rings is 8. The van der Waals surface area contributed by atoms with Crippen molar-refractivity contribution in [3.63, 3.8) is 0 Å². The first-order chi connectivity index (χ1) is 70.9.